The van der Waals surface area contributed by atoms with Crippen LogP contribution in [0.3, 0.4) is 0 Å². The van der Waals surface area contributed by atoms with Crippen LogP contribution in [0.15, 0.2) is 0 Å². The number of nitrogens with zero attached hydrogens (tertiary/aromatic N) is 1. The summed E-state index contributed by atoms with van der Waals surface area (Å²) in [6, 6.07) is 2.35. The van der Waals surface area contributed by atoms with Crippen molar-refractivity contribution in [2.45, 2.75) is 52.1 Å². The van der Waals surface area contributed by atoms with Gasteiger partial charge in [0.05, 0.1) is 6.07 Å². The van der Waals surface area contributed by atoms with Crippen LogP contribution in [0.25, 0.3) is 0 Å². The van der Waals surface area contributed by atoms with Crippen molar-refractivity contribution in [2.24, 2.45) is 5.41 Å². The van der Waals surface area contributed by atoms with Gasteiger partial charge >= 0.3 is 0 Å². The third kappa shape index (κ3) is 2.45. The van der Waals surface area contributed by atoms with Gasteiger partial charge in [0.25, 0.3) is 0 Å². The molecule has 0 N–H and O–H groups in total. The molecule has 74 valence electrons. The van der Waals surface area contributed by atoms with E-state index in [-0.39, 0.29) is 5.41 Å². The lowest BCUT2D eigenvalue weighted by Gasteiger charge is -2.40. The molecule has 1 atom stereocenters. The minimum absolute atomic E-state index is 0.267. The highest BCUT2D eigenvalue weighted by Gasteiger charge is 2.40. The number of nitriles is 1. The van der Waals surface area contributed by atoms with Crippen molar-refractivity contribution in [2.75, 3.05) is 6.61 Å². The maximum Gasteiger partial charge on any atom is 0.154 e. The zero-order chi connectivity index (χ0) is 9.95. The summed E-state index contributed by atoms with van der Waals surface area (Å²) in [6.45, 7) is 7.04. The molecule has 2 nitrogen and oxygen atoms in total. The van der Waals surface area contributed by atoms with E-state index in [1.807, 2.05) is 6.92 Å². The van der Waals surface area contributed by atoms with E-state index in [9.17, 15) is 0 Å². The van der Waals surface area contributed by atoms with Gasteiger partial charge in [-0.25, -0.2) is 0 Å². The van der Waals surface area contributed by atoms with Crippen LogP contribution in [0.4, 0.5) is 0 Å². The summed E-state index contributed by atoms with van der Waals surface area (Å²) < 4.78 is 5.59. The average Bonchev–Trinajstić information content (AvgIpc) is 2.03. The molecule has 0 spiro atoms. The third-order valence-corrected chi connectivity index (χ3v) is 2.82. The van der Waals surface area contributed by atoms with E-state index >= 15 is 0 Å². The summed E-state index contributed by atoms with van der Waals surface area (Å²) in [6.07, 6.45) is 4.11. The van der Waals surface area contributed by atoms with Crippen LogP contribution in [-0.2, 0) is 4.74 Å². The molecule has 0 radical (unpaired) electrons. The number of hydrogen-bond acceptors (Lipinski definition) is 2. The second kappa shape index (κ2) is 3.67. The summed E-state index contributed by atoms with van der Waals surface area (Å²) in [5, 5.41) is 9.13. The standard InChI is InChI=1S/C11H19NO/c1-4-13-11(9-12)7-5-6-10(2,3)8-11/h4-8H2,1-3H3. The summed E-state index contributed by atoms with van der Waals surface area (Å²) in [4.78, 5) is 0. The molecule has 0 bridgehead atoms. The van der Waals surface area contributed by atoms with Crippen molar-refractivity contribution in [3.8, 4) is 6.07 Å². The molecule has 0 aromatic rings. The lowest BCUT2D eigenvalue weighted by Crippen LogP contribution is -2.40. The number of rotatable bonds is 2. The molecule has 1 fully saturated rings. The summed E-state index contributed by atoms with van der Waals surface area (Å²) in [7, 11) is 0. The van der Waals surface area contributed by atoms with E-state index in [1.165, 1.54) is 6.42 Å². The Hall–Kier alpha value is -0.550. The first kappa shape index (κ1) is 10.5. The van der Waals surface area contributed by atoms with Crippen LogP contribution < -0.4 is 0 Å². The first-order valence-corrected chi connectivity index (χ1v) is 5.09. The van der Waals surface area contributed by atoms with Crippen molar-refractivity contribution in [3.05, 3.63) is 0 Å². The monoisotopic (exact) mass is 181 g/mol. The van der Waals surface area contributed by atoms with Crippen LogP contribution in [0.2, 0.25) is 0 Å². The smallest absolute Gasteiger partial charge is 0.154 e. The number of hydrogen-bond donors (Lipinski definition) is 0. The largest absolute Gasteiger partial charge is 0.360 e. The van der Waals surface area contributed by atoms with E-state index in [0.717, 1.165) is 19.3 Å². The van der Waals surface area contributed by atoms with E-state index in [0.29, 0.717) is 6.61 Å². The summed E-state index contributed by atoms with van der Waals surface area (Å²) in [5.74, 6) is 0. The Morgan fingerprint density at radius 3 is 2.54 bits per heavy atom. The second-order valence-corrected chi connectivity index (χ2v) is 4.73. The van der Waals surface area contributed by atoms with E-state index in [2.05, 4.69) is 19.9 Å². The van der Waals surface area contributed by atoms with Crippen LogP contribution in [0.1, 0.15) is 46.5 Å². The molecule has 13 heavy (non-hydrogen) atoms. The average molecular weight is 181 g/mol. The van der Waals surface area contributed by atoms with Gasteiger partial charge in [0.15, 0.2) is 5.60 Å². The fourth-order valence-electron chi connectivity index (χ4n) is 2.33. The summed E-state index contributed by atoms with van der Waals surface area (Å²) in [5.41, 5.74) is -0.223. The van der Waals surface area contributed by atoms with Gasteiger partial charge in [-0.2, -0.15) is 5.26 Å². The Bertz CT molecular complexity index is 213. The minimum Gasteiger partial charge on any atom is -0.360 e. The fraction of sp³-hybridized carbons (Fsp3) is 0.909. The molecule has 2 heteroatoms. The van der Waals surface area contributed by atoms with E-state index in [4.69, 9.17) is 10.00 Å². The Morgan fingerprint density at radius 1 is 1.38 bits per heavy atom. The van der Waals surface area contributed by atoms with Crippen molar-refractivity contribution in [1.82, 2.24) is 0 Å². The molecule has 1 saturated carbocycles. The molecule has 0 amide bonds. The number of ether oxygens (including phenoxy) is 1. The molecular formula is C11H19NO. The van der Waals surface area contributed by atoms with Gasteiger partial charge in [-0.3, -0.25) is 0 Å². The molecule has 1 aliphatic carbocycles. The molecular weight excluding hydrogens is 162 g/mol. The molecule has 1 unspecified atom stereocenters. The van der Waals surface area contributed by atoms with Gasteiger partial charge < -0.3 is 4.74 Å². The van der Waals surface area contributed by atoms with Gasteiger partial charge in [-0.05, 0) is 38.0 Å². The molecule has 0 heterocycles. The lowest BCUT2D eigenvalue weighted by atomic mass is 9.70. The first-order chi connectivity index (χ1) is 6.04. The van der Waals surface area contributed by atoms with Crippen molar-refractivity contribution < 1.29 is 4.74 Å². The predicted molar refractivity (Wildman–Crippen MR) is 52.2 cm³/mol. The highest BCUT2D eigenvalue weighted by atomic mass is 16.5. The quantitative estimate of drug-likeness (QED) is 0.656. The Balaban J connectivity index is 2.71. The lowest BCUT2D eigenvalue weighted by molar-refractivity contribution is -0.0528. The zero-order valence-corrected chi connectivity index (χ0v) is 8.89. The molecule has 1 aliphatic rings. The Morgan fingerprint density at radius 2 is 2.08 bits per heavy atom. The van der Waals surface area contributed by atoms with Crippen molar-refractivity contribution in [3.63, 3.8) is 0 Å². The molecule has 1 rings (SSSR count). The molecule has 0 aromatic heterocycles. The fourth-order valence-corrected chi connectivity index (χ4v) is 2.33. The van der Waals surface area contributed by atoms with Gasteiger partial charge in [-0.1, -0.05) is 13.8 Å². The van der Waals surface area contributed by atoms with Gasteiger partial charge in [-0.15, -0.1) is 0 Å². The second-order valence-electron chi connectivity index (χ2n) is 4.73. The maximum absolute atomic E-state index is 9.13. The van der Waals surface area contributed by atoms with Crippen LogP contribution in [0.5, 0.6) is 0 Å². The van der Waals surface area contributed by atoms with Gasteiger partial charge in [0.1, 0.15) is 0 Å². The minimum atomic E-state index is -0.490. The zero-order valence-electron chi connectivity index (χ0n) is 8.89. The van der Waals surface area contributed by atoms with Crippen LogP contribution in [-0.4, -0.2) is 12.2 Å². The summed E-state index contributed by atoms with van der Waals surface area (Å²) >= 11 is 0. The highest BCUT2D eigenvalue weighted by Crippen LogP contribution is 2.42. The van der Waals surface area contributed by atoms with Crippen LogP contribution in [0, 0.1) is 16.7 Å². The van der Waals surface area contributed by atoms with E-state index < -0.39 is 5.60 Å². The predicted octanol–water partition coefficient (Wildman–Crippen LogP) is 2.89. The Labute approximate surface area is 80.9 Å². The molecule has 0 aliphatic heterocycles. The third-order valence-electron chi connectivity index (χ3n) is 2.82. The SMILES string of the molecule is CCOC1(C#N)CCCC(C)(C)C1. The molecule has 0 aromatic carbocycles. The van der Waals surface area contributed by atoms with Crippen LogP contribution >= 0.6 is 0 Å². The van der Waals surface area contributed by atoms with E-state index in [1.54, 1.807) is 0 Å². The van der Waals surface area contributed by atoms with Crippen molar-refractivity contribution in [1.29, 1.82) is 5.26 Å². The van der Waals surface area contributed by atoms with Gasteiger partial charge in [0, 0.05) is 6.61 Å². The van der Waals surface area contributed by atoms with Gasteiger partial charge in [0.2, 0.25) is 0 Å². The normalized spacial score (nSPS) is 32.5. The van der Waals surface area contributed by atoms with Crippen molar-refractivity contribution >= 4 is 0 Å². The molecule has 0 saturated heterocycles. The first-order valence-electron chi connectivity index (χ1n) is 5.09. The topological polar surface area (TPSA) is 33.0 Å². The Kier molecular flexibility index (Phi) is 2.98. The highest BCUT2D eigenvalue weighted by molar-refractivity contribution is 5.06. The maximum atomic E-state index is 9.13.